The minimum atomic E-state index is -4.33. The van der Waals surface area contributed by atoms with Crippen LogP contribution in [0, 0.1) is 5.92 Å². The van der Waals surface area contributed by atoms with Crippen molar-refractivity contribution >= 4 is 22.7 Å². The van der Waals surface area contributed by atoms with Gasteiger partial charge in [-0.05, 0) is 86.7 Å². The Hall–Kier alpha value is -3.59. The minimum absolute atomic E-state index is 0.347. The highest BCUT2D eigenvalue weighted by Gasteiger charge is 2.30. The van der Waals surface area contributed by atoms with Crippen molar-refractivity contribution in [1.29, 1.82) is 0 Å². The largest absolute Gasteiger partial charge is 0.416 e. The van der Waals surface area contributed by atoms with Crippen molar-refractivity contribution in [2.45, 2.75) is 44.4 Å². The fourth-order valence-corrected chi connectivity index (χ4v) is 5.19. The zero-order valence-electron chi connectivity index (χ0n) is 21.7. The molecule has 1 aliphatic carbocycles. The van der Waals surface area contributed by atoms with Crippen LogP contribution in [-0.2, 0) is 12.7 Å². The second kappa shape index (κ2) is 11.0. The molecule has 0 saturated heterocycles. The molecule has 2 aromatic heterocycles. The second-order valence-corrected chi connectivity index (χ2v) is 10.2. The quantitative estimate of drug-likeness (QED) is 0.286. The summed E-state index contributed by atoms with van der Waals surface area (Å²) < 4.78 is 40.6. The van der Waals surface area contributed by atoms with Gasteiger partial charge in [-0.1, -0.05) is 12.1 Å². The van der Waals surface area contributed by atoms with Crippen LogP contribution < -0.4 is 15.5 Å². The van der Waals surface area contributed by atoms with E-state index >= 15 is 0 Å². The molecule has 0 atom stereocenters. The van der Waals surface area contributed by atoms with E-state index in [4.69, 9.17) is 9.97 Å². The lowest BCUT2D eigenvalue weighted by Gasteiger charge is -2.29. The van der Waals surface area contributed by atoms with Crippen LogP contribution in [0.2, 0.25) is 0 Å². The van der Waals surface area contributed by atoms with Gasteiger partial charge in [0.05, 0.1) is 11.1 Å². The Morgan fingerprint density at radius 1 is 0.921 bits per heavy atom. The van der Waals surface area contributed by atoms with Crippen molar-refractivity contribution in [2.24, 2.45) is 5.92 Å². The van der Waals surface area contributed by atoms with E-state index in [2.05, 4.69) is 10.6 Å². The summed E-state index contributed by atoms with van der Waals surface area (Å²) in [6.07, 6.45) is 1.89. The molecule has 0 aliphatic heterocycles. The number of nitrogens with one attached hydrogen (secondary N) is 2. The van der Waals surface area contributed by atoms with Crippen LogP contribution in [0.3, 0.4) is 0 Å². The molecule has 0 radical (unpaired) electrons. The first kappa shape index (κ1) is 26.0. The number of alkyl halides is 3. The van der Waals surface area contributed by atoms with Crippen LogP contribution >= 0.6 is 0 Å². The van der Waals surface area contributed by atoms with Crippen molar-refractivity contribution in [3.05, 3.63) is 78.1 Å². The predicted octanol–water partition coefficient (Wildman–Crippen LogP) is 6.27. The molecule has 2 heterocycles. The second-order valence-electron chi connectivity index (χ2n) is 10.2. The normalized spacial score (nSPS) is 18.0. The van der Waals surface area contributed by atoms with E-state index in [0.29, 0.717) is 24.5 Å². The smallest absolute Gasteiger partial charge is 0.362 e. The Morgan fingerprint density at radius 2 is 1.66 bits per heavy atom. The third kappa shape index (κ3) is 5.93. The van der Waals surface area contributed by atoms with Gasteiger partial charge in [0.1, 0.15) is 5.82 Å². The molecule has 0 amide bonds. The molecule has 6 nitrogen and oxygen atoms in total. The Balaban J connectivity index is 1.12. The van der Waals surface area contributed by atoms with E-state index in [1.54, 1.807) is 0 Å². The van der Waals surface area contributed by atoms with Gasteiger partial charge in [-0.15, -0.1) is 0 Å². The zero-order valence-corrected chi connectivity index (χ0v) is 21.7. The lowest BCUT2D eigenvalue weighted by molar-refractivity contribution is -0.137. The first-order valence-corrected chi connectivity index (χ1v) is 13.0. The van der Waals surface area contributed by atoms with E-state index in [1.165, 1.54) is 12.1 Å². The Bertz CT molecular complexity index is 1360. The fourth-order valence-electron chi connectivity index (χ4n) is 5.19. The number of fused-ring (bicyclic) bond motifs is 1. The SMILES string of the molecule is CN(C)c1nc(NC2CCC(CNCc3cccn3-c3ccc(C(F)(F)F)cc3)CC2)nc2ccccc12. The number of para-hydroxylation sites is 1. The van der Waals surface area contributed by atoms with Crippen molar-refractivity contribution in [2.75, 3.05) is 30.9 Å². The third-order valence-electron chi connectivity index (χ3n) is 7.23. The van der Waals surface area contributed by atoms with Crippen LogP contribution in [0.4, 0.5) is 24.9 Å². The first-order valence-electron chi connectivity index (χ1n) is 13.0. The van der Waals surface area contributed by atoms with Crippen molar-refractivity contribution < 1.29 is 13.2 Å². The topological polar surface area (TPSA) is 58.0 Å². The number of aromatic nitrogens is 3. The highest BCUT2D eigenvalue weighted by atomic mass is 19.4. The minimum Gasteiger partial charge on any atom is -0.362 e. The number of rotatable bonds is 8. The van der Waals surface area contributed by atoms with Crippen molar-refractivity contribution in [1.82, 2.24) is 19.9 Å². The molecule has 0 unspecified atom stereocenters. The Kier molecular flexibility index (Phi) is 7.56. The average Bonchev–Trinajstić information content (AvgIpc) is 3.37. The summed E-state index contributed by atoms with van der Waals surface area (Å²) in [7, 11) is 3.99. The van der Waals surface area contributed by atoms with E-state index < -0.39 is 11.7 Å². The molecule has 1 saturated carbocycles. The summed E-state index contributed by atoms with van der Waals surface area (Å²) in [6, 6.07) is 17.6. The fraction of sp³-hybridized carbons (Fsp3) is 0.379. The van der Waals surface area contributed by atoms with Crippen molar-refractivity contribution in [3.63, 3.8) is 0 Å². The summed E-state index contributed by atoms with van der Waals surface area (Å²) in [5.41, 5.74) is 2.04. The number of hydrogen-bond donors (Lipinski definition) is 2. The van der Waals surface area contributed by atoms with Crippen molar-refractivity contribution in [3.8, 4) is 5.69 Å². The maximum atomic E-state index is 12.9. The van der Waals surface area contributed by atoms with Crippen LogP contribution in [0.5, 0.6) is 0 Å². The maximum Gasteiger partial charge on any atom is 0.416 e. The number of nitrogens with zero attached hydrogens (tertiary/aromatic N) is 4. The molecule has 38 heavy (non-hydrogen) atoms. The highest BCUT2D eigenvalue weighted by Crippen LogP contribution is 2.30. The first-order chi connectivity index (χ1) is 18.3. The summed E-state index contributed by atoms with van der Waals surface area (Å²) in [4.78, 5) is 11.5. The zero-order chi connectivity index (χ0) is 26.7. The van der Waals surface area contributed by atoms with Gasteiger partial charge in [0.15, 0.2) is 0 Å². The number of anilines is 2. The molecule has 9 heteroatoms. The number of halogens is 3. The summed E-state index contributed by atoms with van der Waals surface area (Å²) in [5, 5.41) is 8.16. The number of benzene rings is 2. The molecule has 5 rings (SSSR count). The lowest BCUT2D eigenvalue weighted by atomic mass is 9.86. The van der Waals surface area contributed by atoms with Gasteiger partial charge in [0.2, 0.25) is 5.95 Å². The van der Waals surface area contributed by atoms with Gasteiger partial charge in [0.25, 0.3) is 0 Å². The molecule has 4 aromatic rings. The number of hydrogen-bond acceptors (Lipinski definition) is 5. The molecule has 1 aliphatic rings. The van der Waals surface area contributed by atoms with Gasteiger partial charge in [0, 0.05) is 49.6 Å². The predicted molar refractivity (Wildman–Crippen MR) is 146 cm³/mol. The van der Waals surface area contributed by atoms with Gasteiger partial charge < -0.3 is 20.1 Å². The van der Waals surface area contributed by atoms with Crippen LogP contribution in [0.15, 0.2) is 66.9 Å². The Labute approximate surface area is 220 Å². The molecule has 200 valence electrons. The molecular formula is C29H33F3N6. The van der Waals surface area contributed by atoms with Crippen LogP contribution in [0.25, 0.3) is 16.6 Å². The maximum absolute atomic E-state index is 12.9. The van der Waals surface area contributed by atoms with E-state index in [0.717, 1.165) is 72.5 Å². The molecule has 0 spiro atoms. The van der Waals surface area contributed by atoms with Crippen LogP contribution in [0.1, 0.15) is 36.9 Å². The van der Waals surface area contributed by atoms with Gasteiger partial charge in [-0.3, -0.25) is 0 Å². The average molecular weight is 523 g/mol. The van der Waals surface area contributed by atoms with Gasteiger partial charge in [-0.2, -0.15) is 18.2 Å². The molecular weight excluding hydrogens is 489 g/mol. The molecule has 1 fully saturated rings. The monoisotopic (exact) mass is 522 g/mol. The Morgan fingerprint density at radius 3 is 2.37 bits per heavy atom. The van der Waals surface area contributed by atoms with Crippen LogP contribution in [-0.4, -0.2) is 41.2 Å². The molecule has 0 bridgehead atoms. The standard InChI is InChI=1S/C29H33F3N6/c1-37(2)27-25-7-3-4-8-26(25)35-28(36-27)34-22-13-9-20(10-14-22)18-33-19-24-6-5-17-38(24)23-15-11-21(12-16-23)29(30,31)32/h3-8,11-12,15-17,20,22,33H,9-10,13-14,18-19H2,1-2H3,(H,34,35,36). The highest BCUT2D eigenvalue weighted by molar-refractivity contribution is 5.90. The van der Waals surface area contributed by atoms with E-state index in [1.807, 2.05) is 66.2 Å². The van der Waals surface area contributed by atoms with E-state index in [-0.39, 0.29) is 0 Å². The summed E-state index contributed by atoms with van der Waals surface area (Å²) >= 11 is 0. The summed E-state index contributed by atoms with van der Waals surface area (Å²) in [5.74, 6) is 2.17. The van der Waals surface area contributed by atoms with Gasteiger partial charge >= 0.3 is 6.18 Å². The lowest BCUT2D eigenvalue weighted by Crippen LogP contribution is -2.32. The third-order valence-corrected chi connectivity index (χ3v) is 7.23. The van der Waals surface area contributed by atoms with E-state index in [9.17, 15) is 13.2 Å². The van der Waals surface area contributed by atoms with Gasteiger partial charge in [-0.25, -0.2) is 4.98 Å². The molecule has 2 aromatic carbocycles. The molecule has 2 N–H and O–H groups in total. The summed E-state index contributed by atoms with van der Waals surface area (Å²) in [6.45, 7) is 1.56.